The lowest BCUT2D eigenvalue weighted by Crippen LogP contribution is -2.53. The molecule has 0 aliphatic carbocycles. The van der Waals surface area contributed by atoms with Crippen molar-refractivity contribution in [1.82, 2.24) is 16.0 Å². The number of amides is 3. The molecule has 3 aliphatic rings. The molecule has 0 aromatic heterocycles. The summed E-state index contributed by atoms with van der Waals surface area (Å²) in [5, 5.41) is 38.3. The van der Waals surface area contributed by atoms with Crippen LogP contribution in [0.1, 0.15) is 102 Å². The van der Waals surface area contributed by atoms with Gasteiger partial charge in [0, 0.05) is 33.7 Å². The second-order valence-electron chi connectivity index (χ2n) is 15.7. The molecule has 348 valence electrons. The van der Waals surface area contributed by atoms with Crippen molar-refractivity contribution in [3.63, 3.8) is 0 Å². The number of ether oxygens (including phenoxy) is 3. The molecule has 0 spiro atoms. The first kappa shape index (κ1) is 52.1. The minimum absolute atomic E-state index is 0.00660. The molecule has 0 saturated carbocycles. The molecule has 0 radical (unpaired) electrons. The minimum atomic E-state index is -1.19. The second-order valence-corrected chi connectivity index (χ2v) is 15.7. The van der Waals surface area contributed by atoms with Crippen molar-refractivity contribution in [3.05, 3.63) is 88.0 Å². The van der Waals surface area contributed by atoms with Crippen LogP contribution in [0, 0.1) is 0 Å². The average molecular weight is 901 g/mol. The number of methoxy groups -OCH3 is 2. The van der Waals surface area contributed by atoms with Crippen molar-refractivity contribution in [3.8, 4) is 17.2 Å². The van der Waals surface area contributed by atoms with Gasteiger partial charge in [0.2, 0.25) is 17.7 Å². The van der Waals surface area contributed by atoms with Crippen LogP contribution in [0.2, 0.25) is 0 Å². The van der Waals surface area contributed by atoms with Crippen LogP contribution in [-0.4, -0.2) is 129 Å². The van der Waals surface area contributed by atoms with Gasteiger partial charge in [0.05, 0.1) is 47.2 Å². The molecule has 4 atom stereocenters. The molecule has 3 amide bonds. The fourth-order valence-electron chi connectivity index (χ4n) is 7.12. The monoisotopic (exact) mass is 901 g/mol. The number of Topliss-reactive ketones (excluding diaryl/α,β-unsaturated/α-hetero) is 3. The van der Waals surface area contributed by atoms with Crippen LogP contribution in [0.5, 0.6) is 17.2 Å². The molecular weight excluding hydrogens is 843 g/mol. The summed E-state index contributed by atoms with van der Waals surface area (Å²) < 4.78 is 31.3. The van der Waals surface area contributed by atoms with E-state index in [1.807, 2.05) is 25.1 Å². The Morgan fingerprint density at radius 3 is 1.34 bits per heavy atom. The first-order valence-electron chi connectivity index (χ1n) is 21.4. The topological polar surface area (TPSA) is 255 Å². The summed E-state index contributed by atoms with van der Waals surface area (Å²) in [6.07, 6.45) is 2.39. The van der Waals surface area contributed by atoms with Crippen LogP contribution in [-0.2, 0) is 47.9 Å². The third-order valence-electron chi connectivity index (χ3n) is 10.7. The van der Waals surface area contributed by atoms with E-state index in [0.717, 1.165) is 16.7 Å². The van der Waals surface area contributed by atoms with Crippen molar-refractivity contribution >= 4 is 56.4 Å². The number of para-hydroxylation sites is 3. The Labute approximate surface area is 379 Å². The van der Waals surface area contributed by atoms with E-state index in [9.17, 15) is 43.8 Å². The molecule has 6 rings (SSSR count). The number of carbonyl (C=O) groups is 6. The van der Waals surface area contributed by atoms with Gasteiger partial charge in [-0.25, -0.2) is 0 Å². The predicted octanol–water partition coefficient (Wildman–Crippen LogP) is 1.87. The molecular formula is C44H58B3N3O15. The van der Waals surface area contributed by atoms with E-state index >= 15 is 0 Å². The minimum Gasteiger partial charge on any atom is -0.534 e. The lowest BCUT2D eigenvalue weighted by Gasteiger charge is -2.29. The molecule has 3 aromatic carbocycles. The smallest absolute Gasteiger partial charge is 0.534 e. The van der Waals surface area contributed by atoms with E-state index < -0.39 is 39.2 Å². The Morgan fingerprint density at radius 2 is 1.00 bits per heavy atom. The second kappa shape index (κ2) is 25.2. The molecule has 1 unspecified atom stereocenters. The summed E-state index contributed by atoms with van der Waals surface area (Å²) in [5.74, 6) is -1.48. The fraction of sp³-hybridized carbons (Fsp3) is 0.455. The molecule has 0 bridgehead atoms. The molecule has 0 saturated heterocycles. The van der Waals surface area contributed by atoms with E-state index in [0.29, 0.717) is 79.3 Å². The number of hydrogen-bond acceptors (Lipinski definition) is 15. The highest BCUT2D eigenvalue weighted by Gasteiger charge is 2.39. The Balaban J connectivity index is 0.000000214. The summed E-state index contributed by atoms with van der Waals surface area (Å²) in [6.45, 7) is 8.75. The third-order valence-corrected chi connectivity index (χ3v) is 10.7. The van der Waals surface area contributed by atoms with Crippen molar-refractivity contribution in [1.29, 1.82) is 0 Å². The highest BCUT2D eigenvalue weighted by Crippen LogP contribution is 2.32. The highest BCUT2D eigenvalue weighted by atomic mass is 16.5. The van der Waals surface area contributed by atoms with Gasteiger partial charge in [-0.2, -0.15) is 0 Å². The first-order chi connectivity index (χ1) is 31.0. The van der Waals surface area contributed by atoms with Gasteiger partial charge in [-0.15, -0.1) is 0 Å². The normalized spacial score (nSPS) is 17.3. The summed E-state index contributed by atoms with van der Waals surface area (Å²) >= 11 is 0. The highest BCUT2D eigenvalue weighted by molar-refractivity contribution is 6.48. The van der Waals surface area contributed by atoms with Crippen LogP contribution >= 0.6 is 0 Å². The maximum atomic E-state index is 12.0. The molecule has 65 heavy (non-hydrogen) atoms. The lowest BCUT2D eigenvalue weighted by atomic mass is 9.72. The van der Waals surface area contributed by atoms with Gasteiger partial charge in [-0.3, -0.25) is 28.8 Å². The average Bonchev–Trinajstić information content (AvgIpc) is 3.27. The molecule has 18 nitrogen and oxygen atoms in total. The van der Waals surface area contributed by atoms with Gasteiger partial charge in [0.15, 0.2) is 17.3 Å². The Bertz CT molecular complexity index is 2060. The largest absolute Gasteiger partial charge is 0.547 e. The van der Waals surface area contributed by atoms with Crippen LogP contribution < -0.4 is 29.9 Å². The van der Waals surface area contributed by atoms with Gasteiger partial charge in [-0.1, -0.05) is 36.4 Å². The van der Waals surface area contributed by atoms with Gasteiger partial charge in [0.25, 0.3) is 0 Å². The number of ketones is 3. The van der Waals surface area contributed by atoms with E-state index in [-0.39, 0.29) is 54.2 Å². The number of benzene rings is 3. The van der Waals surface area contributed by atoms with Crippen molar-refractivity contribution in [2.24, 2.45) is 0 Å². The Hall–Kier alpha value is -5.57. The SMILES string of the molecule is CCOCC(=O)N[C@H]1Cc2cccc(C(C)=O)c2OB1O.COC(C)CCC(=O)N[C@H]1Cc2cccc(C(C)=O)c2OB1O.COCCC(=O)N[C@H]1Cc2cccc(C(C)=O)c2OB1O. The Kier molecular flexibility index (Phi) is 20.2. The number of fused-ring (bicyclic) bond motifs is 3. The van der Waals surface area contributed by atoms with Crippen molar-refractivity contribution in [2.45, 2.75) is 97.1 Å². The summed E-state index contributed by atoms with van der Waals surface area (Å²) in [7, 11) is -0.421. The summed E-state index contributed by atoms with van der Waals surface area (Å²) in [5.41, 5.74) is 3.71. The molecule has 6 N–H and O–H groups in total. The third kappa shape index (κ3) is 15.0. The van der Waals surface area contributed by atoms with Crippen LogP contribution in [0.25, 0.3) is 0 Å². The van der Waals surface area contributed by atoms with Crippen LogP contribution in [0.4, 0.5) is 0 Å². The van der Waals surface area contributed by atoms with Crippen LogP contribution in [0.3, 0.4) is 0 Å². The molecule has 3 aromatic rings. The summed E-state index contributed by atoms with van der Waals surface area (Å²) in [4.78, 5) is 70.0. The zero-order valence-corrected chi connectivity index (χ0v) is 37.8. The zero-order valence-electron chi connectivity index (χ0n) is 37.8. The van der Waals surface area contributed by atoms with E-state index in [2.05, 4.69) is 16.0 Å². The predicted molar refractivity (Wildman–Crippen MR) is 241 cm³/mol. The van der Waals surface area contributed by atoms with Crippen molar-refractivity contribution in [2.75, 3.05) is 34.0 Å². The number of hydrogen-bond donors (Lipinski definition) is 6. The standard InChI is InChI=1S/C16H22BNO5.2C14H18BNO5/c1-10(22-3)7-8-15(20)18-14-9-12-5-4-6-13(11(2)19)16(12)23-17(14)21;1-9(17)11-5-3-4-10-8-12(15(19)21-14(10)11)16-13(18)6-7-20-2;1-3-20-8-13(18)16-12-7-10-5-4-6-11(9(2)17)14(10)21-15(12)19/h4-6,10,14,21H,7-9H2,1-3H3,(H,18,20);3-5,12,19H,6-8H2,1-2H3,(H,16,18);4-6,12,19H,3,7-8H2,1-2H3,(H,16,18)/t10?,14-;2*12-/m000/s1. The van der Waals surface area contributed by atoms with E-state index in [1.54, 1.807) is 50.4 Å². The van der Waals surface area contributed by atoms with E-state index in [4.69, 9.17) is 28.2 Å². The first-order valence-corrected chi connectivity index (χ1v) is 21.4. The maximum absolute atomic E-state index is 12.0. The van der Waals surface area contributed by atoms with E-state index in [1.165, 1.54) is 27.9 Å². The van der Waals surface area contributed by atoms with Gasteiger partial charge in [-0.05, 0) is 95.2 Å². The summed E-state index contributed by atoms with van der Waals surface area (Å²) in [6, 6.07) is 15.7. The van der Waals surface area contributed by atoms with Crippen molar-refractivity contribution < 1.29 is 72.0 Å². The maximum Gasteiger partial charge on any atom is 0.547 e. The molecule has 0 fully saturated rings. The molecule has 3 heterocycles. The number of carbonyl (C=O) groups excluding carboxylic acids is 6. The zero-order chi connectivity index (χ0) is 47.8. The fourth-order valence-corrected chi connectivity index (χ4v) is 7.12. The van der Waals surface area contributed by atoms with Gasteiger partial charge >= 0.3 is 21.4 Å². The number of nitrogens with one attached hydrogen (secondary N) is 3. The molecule has 3 aliphatic heterocycles. The van der Waals surface area contributed by atoms with Gasteiger partial charge in [0.1, 0.15) is 23.9 Å². The van der Waals surface area contributed by atoms with Gasteiger partial charge < -0.3 is 59.2 Å². The molecule has 21 heteroatoms. The number of rotatable bonds is 16. The quantitative estimate of drug-likeness (QED) is 0.0887. The Morgan fingerprint density at radius 1 is 0.631 bits per heavy atom. The van der Waals surface area contributed by atoms with Crippen LogP contribution in [0.15, 0.2) is 54.6 Å². The lowest BCUT2D eigenvalue weighted by molar-refractivity contribution is -0.126.